The molecule has 1 N–H and O–H groups in total. The maximum absolute atomic E-state index is 4.18. The Labute approximate surface area is 83.3 Å². The van der Waals surface area contributed by atoms with Crippen LogP contribution in [0.25, 0.3) is 6.08 Å². The minimum absolute atomic E-state index is 0.852. The van der Waals surface area contributed by atoms with Crippen LogP contribution in [-0.4, -0.2) is 9.97 Å². The van der Waals surface area contributed by atoms with Crippen molar-refractivity contribution in [3.8, 4) is 0 Å². The van der Waals surface area contributed by atoms with Crippen LogP contribution in [0.2, 0.25) is 0 Å². The summed E-state index contributed by atoms with van der Waals surface area (Å²) >= 11 is 0. The van der Waals surface area contributed by atoms with Gasteiger partial charge >= 0.3 is 0 Å². The Balaban J connectivity index is 2.14. The van der Waals surface area contributed by atoms with Gasteiger partial charge in [-0.2, -0.15) is 0 Å². The van der Waals surface area contributed by atoms with Crippen LogP contribution >= 0.6 is 0 Å². The quantitative estimate of drug-likeness (QED) is 0.780. The number of benzene rings is 1. The third-order valence-electron chi connectivity index (χ3n) is 2.14. The molecule has 0 fully saturated rings. The predicted octanol–water partition coefficient (Wildman–Crippen LogP) is 2.64. The van der Waals surface area contributed by atoms with Gasteiger partial charge in [0.1, 0.15) is 5.82 Å². The molecule has 2 aromatic rings. The van der Waals surface area contributed by atoms with E-state index in [0.29, 0.717) is 0 Å². The summed E-state index contributed by atoms with van der Waals surface area (Å²) in [6.45, 7) is 3.72. The molecule has 0 amide bonds. The first-order valence-electron chi connectivity index (χ1n) is 4.58. The summed E-state index contributed by atoms with van der Waals surface area (Å²) in [7, 11) is 0. The van der Waals surface area contributed by atoms with Crippen molar-refractivity contribution in [1.82, 2.24) is 9.97 Å². The van der Waals surface area contributed by atoms with Gasteiger partial charge in [-0.15, -0.1) is 0 Å². The zero-order valence-corrected chi connectivity index (χ0v) is 7.90. The lowest BCUT2D eigenvalue weighted by molar-refractivity contribution is 1.03. The monoisotopic (exact) mass is 184 g/mol. The molecule has 70 valence electrons. The minimum atomic E-state index is 0.852. The van der Waals surface area contributed by atoms with E-state index in [-0.39, 0.29) is 0 Å². The molecule has 0 saturated carbocycles. The molecule has 0 atom stereocenters. The largest absolute Gasteiger partial charge is 0.348 e. The maximum atomic E-state index is 4.18. The van der Waals surface area contributed by atoms with Crippen LogP contribution in [-0.2, 0) is 6.42 Å². The Hall–Kier alpha value is -1.83. The molecule has 0 saturated heterocycles. The average Bonchev–Trinajstić information content (AvgIpc) is 2.72. The topological polar surface area (TPSA) is 28.7 Å². The molecule has 0 aliphatic rings. The Morgan fingerprint density at radius 1 is 1.29 bits per heavy atom. The Morgan fingerprint density at radius 3 is 2.64 bits per heavy atom. The molecule has 2 nitrogen and oxygen atoms in total. The maximum Gasteiger partial charge on any atom is 0.110 e. The predicted molar refractivity (Wildman–Crippen MR) is 57.9 cm³/mol. The van der Waals surface area contributed by atoms with Crippen molar-refractivity contribution in [2.24, 2.45) is 0 Å². The van der Waals surface area contributed by atoms with E-state index in [2.05, 4.69) is 40.8 Å². The second kappa shape index (κ2) is 3.92. The molecule has 14 heavy (non-hydrogen) atoms. The average molecular weight is 184 g/mol. The van der Waals surface area contributed by atoms with E-state index in [9.17, 15) is 0 Å². The molecule has 0 bridgehead atoms. The minimum Gasteiger partial charge on any atom is -0.348 e. The van der Waals surface area contributed by atoms with E-state index in [4.69, 9.17) is 0 Å². The summed E-state index contributed by atoms with van der Waals surface area (Å²) in [5.41, 5.74) is 2.40. The molecule has 2 heteroatoms. The molecule has 0 aliphatic carbocycles. The normalized spacial score (nSPS) is 10.0. The number of aromatic nitrogens is 2. The number of aromatic amines is 1. The fourth-order valence-electron chi connectivity index (χ4n) is 1.36. The van der Waals surface area contributed by atoms with Crippen molar-refractivity contribution < 1.29 is 0 Å². The number of nitrogens with zero attached hydrogens (tertiary/aromatic N) is 1. The first-order chi connectivity index (χ1) is 6.88. The fourth-order valence-corrected chi connectivity index (χ4v) is 1.36. The lowest BCUT2D eigenvalue weighted by Crippen LogP contribution is -1.90. The smallest absolute Gasteiger partial charge is 0.110 e. The fraction of sp³-hybridized carbons (Fsp3) is 0.0833. The molecule has 0 aliphatic heterocycles. The van der Waals surface area contributed by atoms with Crippen LogP contribution in [0.5, 0.6) is 0 Å². The molecular weight excluding hydrogens is 172 g/mol. The number of imidazole rings is 1. The first kappa shape index (κ1) is 8.75. The summed E-state index contributed by atoms with van der Waals surface area (Å²) in [6, 6.07) is 8.32. The first-order valence-corrected chi connectivity index (χ1v) is 4.58. The summed E-state index contributed by atoms with van der Waals surface area (Å²) in [4.78, 5) is 7.26. The van der Waals surface area contributed by atoms with Gasteiger partial charge in [-0.3, -0.25) is 0 Å². The number of hydrogen-bond acceptors (Lipinski definition) is 1. The van der Waals surface area contributed by atoms with E-state index < -0.39 is 0 Å². The van der Waals surface area contributed by atoms with Crippen LogP contribution in [0.3, 0.4) is 0 Å². The van der Waals surface area contributed by atoms with Gasteiger partial charge in [0.2, 0.25) is 0 Å². The van der Waals surface area contributed by atoms with Gasteiger partial charge in [0.25, 0.3) is 0 Å². The van der Waals surface area contributed by atoms with Crippen molar-refractivity contribution in [1.29, 1.82) is 0 Å². The second-order valence-corrected chi connectivity index (χ2v) is 3.16. The number of rotatable bonds is 3. The molecule has 0 unspecified atom stereocenters. The molecule has 0 radical (unpaired) electrons. The molecule has 2 rings (SSSR count). The summed E-state index contributed by atoms with van der Waals surface area (Å²) < 4.78 is 0. The van der Waals surface area contributed by atoms with Gasteiger partial charge in [0, 0.05) is 18.8 Å². The molecule has 0 spiro atoms. The lowest BCUT2D eigenvalue weighted by Gasteiger charge is -1.98. The molecule has 1 aromatic carbocycles. The van der Waals surface area contributed by atoms with Crippen molar-refractivity contribution in [2.75, 3.05) is 0 Å². The number of hydrogen-bond donors (Lipinski definition) is 1. The van der Waals surface area contributed by atoms with Crippen LogP contribution in [0.1, 0.15) is 17.0 Å². The van der Waals surface area contributed by atoms with E-state index in [0.717, 1.165) is 17.8 Å². The Bertz CT molecular complexity index is 398. The molecular formula is C12H12N2. The van der Waals surface area contributed by atoms with Crippen LogP contribution in [0.4, 0.5) is 0 Å². The third kappa shape index (κ3) is 1.91. The van der Waals surface area contributed by atoms with Gasteiger partial charge in [-0.25, -0.2) is 4.98 Å². The Morgan fingerprint density at radius 2 is 2.07 bits per heavy atom. The third-order valence-corrected chi connectivity index (χ3v) is 2.14. The van der Waals surface area contributed by atoms with Crippen LogP contribution < -0.4 is 0 Å². The Kier molecular flexibility index (Phi) is 2.45. The highest BCUT2D eigenvalue weighted by molar-refractivity contribution is 5.47. The molecule has 1 heterocycles. The standard InChI is InChI=1S/C12H12N2/c1-2-10-3-5-11(6-4-10)9-12-13-7-8-14-12/h2-8H,1,9H2,(H,13,14). The van der Waals surface area contributed by atoms with E-state index >= 15 is 0 Å². The molecule has 1 aromatic heterocycles. The highest BCUT2D eigenvalue weighted by Crippen LogP contribution is 2.08. The highest BCUT2D eigenvalue weighted by atomic mass is 14.9. The van der Waals surface area contributed by atoms with Crippen molar-refractivity contribution in [3.05, 3.63) is 60.2 Å². The second-order valence-electron chi connectivity index (χ2n) is 3.16. The zero-order valence-electron chi connectivity index (χ0n) is 7.90. The van der Waals surface area contributed by atoms with Crippen molar-refractivity contribution in [2.45, 2.75) is 6.42 Å². The van der Waals surface area contributed by atoms with Gasteiger partial charge in [-0.1, -0.05) is 36.9 Å². The van der Waals surface area contributed by atoms with Crippen molar-refractivity contribution >= 4 is 6.08 Å². The summed E-state index contributed by atoms with van der Waals surface area (Å²) in [5.74, 6) is 0.997. The highest BCUT2D eigenvalue weighted by Gasteiger charge is 1.96. The van der Waals surface area contributed by atoms with E-state index in [1.54, 1.807) is 6.20 Å². The van der Waals surface area contributed by atoms with Gasteiger partial charge < -0.3 is 4.98 Å². The summed E-state index contributed by atoms with van der Waals surface area (Å²) in [5, 5.41) is 0. The zero-order chi connectivity index (χ0) is 9.80. The van der Waals surface area contributed by atoms with Crippen LogP contribution in [0.15, 0.2) is 43.2 Å². The van der Waals surface area contributed by atoms with Gasteiger partial charge in [0.15, 0.2) is 0 Å². The van der Waals surface area contributed by atoms with E-state index in [1.807, 2.05) is 12.3 Å². The van der Waals surface area contributed by atoms with E-state index in [1.165, 1.54) is 5.56 Å². The lowest BCUT2D eigenvalue weighted by atomic mass is 10.1. The number of nitrogens with one attached hydrogen (secondary N) is 1. The van der Waals surface area contributed by atoms with Crippen LogP contribution in [0, 0.1) is 0 Å². The van der Waals surface area contributed by atoms with Gasteiger partial charge in [0.05, 0.1) is 0 Å². The SMILES string of the molecule is C=Cc1ccc(Cc2ncc[nH]2)cc1. The number of H-pyrrole nitrogens is 1. The summed E-state index contributed by atoms with van der Waals surface area (Å²) in [6.07, 6.45) is 6.31. The van der Waals surface area contributed by atoms with Gasteiger partial charge in [-0.05, 0) is 11.1 Å². The van der Waals surface area contributed by atoms with Crippen molar-refractivity contribution in [3.63, 3.8) is 0 Å².